The number of nitrogens with zero attached hydrogens (tertiary/aromatic N) is 1. The Hall–Kier alpha value is -1.64. The SMILES string of the molecule is CC(C)CN(CC(C)C)C(=O)/C=C/c1cccc(F)c1. The molecule has 0 heterocycles. The molecule has 1 rings (SSSR count). The van der Waals surface area contributed by atoms with E-state index in [1.165, 1.54) is 18.2 Å². The first-order valence-corrected chi connectivity index (χ1v) is 7.11. The van der Waals surface area contributed by atoms with Crippen molar-refractivity contribution >= 4 is 12.0 Å². The minimum atomic E-state index is -0.291. The van der Waals surface area contributed by atoms with Crippen LogP contribution in [0.25, 0.3) is 6.08 Å². The molecule has 1 aromatic rings. The molecule has 0 unspecified atom stereocenters. The van der Waals surface area contributed by atoms with Gasteiger partial charge in [-0.1, -0.05) is 39.8 Å². The van der Waals surface area contributed by atoms with Crippen LogP contribution in [0.4, 0.5) is 4.39 Å². The van der Waals surface area contributed by atoms with Crippen LogP contribution < -0.4 is 0 Å². The number of carbonyl (C=O) groups is 1. The van der Waals surface area contributed by atoms with E-state index in [2.05, 4.69) is 27.7 Å². The summed E-state index contributed by atoms with van der Waals surface area (Å²) in [5.41, 5.74) is 0.701. The first-order chi connectivity index (χ1) is 9.38. The van der Waals surface area contributed by atoms with Crippen LogP contribution in [0.1, 0.15) is 33.3 Å². The molecule has 110 valence electrons. The molecule has 0 aliphatic rings. The van der Waals surface area contributed by atoms with Crippen molar-refractivity contribution in [2.75, 3.05) is 13.1 Å². The lowest BCUT2D eigenvalue weighted by atomic mass is 10.1. The second kappa shape index (κ2) is 7.83. The Morgan fingerprint density at radius 3 is 2.30 bits per heavy atom. The zero-order valence-corrected chi connectivity index (χ0v) is 12.8. The van der Waals surface area contributed by atoms with Crippen LogP contribution in [0.3, 0.4) is 0 Å². The third-order valence-corrected chi connectivity index (χ3v) is 2.75. The van der Waals surface area contributed by atoms with E-state index < -0.39 is 0 Å². The highest BCUT2D eigenvalue weighted by molar-refractivity contribution is 5.91. The normalized spacial score (nSPS) is 11.6. The van der Waals surface area contributed by atoms with E-state index in [9.17, 15) is 9.18 Å². The molecule has 0 bridgehead atoms. The Labute approximate surface area is 121 Å². The highest BCUT2D eigenvalue weighted by Crippen LogP contribution is 2.08. The summed E-state index contributed by atoms with van der Waals surface area (Å²) in [4.78, 5) is 14.1. The second-order valence-corrected chi connectivity index (χ2v) is 5.92. The zero-order valence-electron chi connectivity index (χ0n) is 12.8. The van der Waals surface area contributed by atoms with Crippen LogP contribution in [0.2, 0.25) is 0 Å². The first-order valence-electron chi connectivity index (χ1n) is 7.11. The smallest absolute Gasteiger partial charge is 0.246 e. The summed E-state index contributed by atoms with van der Waals surface area (Å²) in [5, 5.41) is 0. The average Bonchev–Trinajstić information content (AvgIpc) is 2.34. The molecule has 0 saturated carbocycles. The average molecular weight is 277 g/mol. The Bertz CT molecular complexity index is 456. The minimum Gasteiger partial charge on any atom is -0.339 e. The van der Waals surface area contributed by atoms with Gasteiger partial charge in [0.25, 0.3) is 0 Å². The molecule has 0 radical (unpaired) electrons. The van der Waals surface area contributed by atoms with Crippen LogP contribution in [0, 0.1) is 17.7 Å². The predicted molar refractivity (Wildman–Crippen MR) is 81.7 cm³/mol. The number of carbonyl (C=O) groups excluding carboxylic acids is 1. The topological polar surface area (TPSA) is 20.3 Å². The van der Waals surface area contributed by atoms with Crippen molar-refractivity contribution in [3.8, 4) is 0 Å². The summed E-state index contributed by atoms with van der Waals surface area (Å²) in [6.45, 7) is 9.86. The van der Waals surface area contributed by atoms with E-state index in [1.807, 2.05) is 4.90 Å². The third-order valence-electron chi connectivity index (χ3n) is 2.75. The summed E-state index contributed by atoms with van der Waals surface area (Å²) < 4.78 is 13.1. The van der Waals surface area contributed by atoms with Crippen molar-refractivity contribution in [2.24, 2.45) is 11.8 Å². The molecule has 3 heteroatoms. The molecule has 0 aliphatic carbocycles. The number of halogens is 1. The van der Waals surface area contributed by atoms with E-state index in [0.717, 1.165) is 13.1 Å². The quantitative estimate of drug-likeness (QED) is 0.720. The van der Waals surface area contributed by atoms with E-state index in [0.29, 0.717) is 17.4 Å². The lowest BCUT2D eigenvalue weighted by Gasteiger charge is -2.25. The van der Waals surface area contributed by atoms with Crippen molar-refractivity contribution in [1.29, 1.82) is 0 Å². The van der Waals surface area contributed by atoms with Crippen LogP contribution in [-0.2, 0) is 4.79 Å². The number of hydrogen-bond donors (Lipinski definition) is 0. The maximum atomic E-state index is 13.1. The molecule has 0 spiro atoms. The zero-order chi connectivity index (χ0) is 15.1. The van der Waals surface area contributed by atoms with Gasteiger partial charge in [0.1, 0.15) is 5.82 Å². The number of rotatable bonds is 6. The van der Waals surface area contributed by atoms with Gasteiger partial charge >= 0.3 is 0 Å². The van der Waals surface area contributed by atoms with Crippen molar-refractivity contribution < 1.29 is 9.18 Å². The van der Waals surface area contributed by atoms with Gasteiger partial charge in [0.05, 0.1) is 0 Å². The van der Waals surface area contributed by atoms with Gasteiger partial charge in [0, 0.05) is 19.2 Å². The van der Waals surface area contributed by atoms with Gasteiger partial charge in [0.15, 0.2) is 0 Å². The molecule has 1 aromatic carbocycles. The molecular formula is C17H24FNO. The number of amides is 1. The first kappa shape index (κ1) is 16.4. The summed E-state index contributed by atoms with van der Waals surface area (Å²) in [6.07, 6.45) is 3.19. The van der Waals surface area contributed by atoms with Gasteiger partial charge in [-0.3, -0.25) is 4.79 Å². The predicted octanol–water partition coefficient (Wildman–Crippen LogP) is 3.98. The van der Waals surface area contributed by atoms with Crippen molar-refractivity contribution in [2.45, 2.75) is 27.7 Å². The molecule has 0 aromatic heterocycles. The number of benzene rings is 1. The van der Waals surface area contributed by atoms with Crippen LogP contribution in [-0.4, -0.2) is 23.9 Å². The van der Waals surface area contributed by atoms with Gasteiger partial charge in [0.2, 0.25) is 5.91 Å². The van der Waals surface area contributed by atoms with Gasteiger partial charge in [-0.2, -0.15) is 0 Å². The largest absolute Gasteiger partial charge is 0.339 e. The van der Waals surface area contributed by atoms with Gasteiger partial charge in [-0.25, -0.2) is 4.39 Å². The van der Waals surface area contributed by atoms with Crippen molar-refractivity contribution in [3.63, 3.8) is 0 Å². The van der Waals surface area contributed by atoms with Gasteiger partial charge < -0.3 is 4.90 Å². The fourth-order valence-electron chi connectivity index (χ4n) is 2.02. The van der Waals surface area contributed by atoms with Crippen LogP contribution >= 0.6 is 0 Å². The molecule has 0 fully saturated rings. The maximum absolute atomic E-state index is 13.1. The molecule has 0 saturated heterocycles. The molecule has 0 atom stereocenters. The fraction of sp³-hybridized carbons (Fsp3) is 0.471. The molecule has 1 amide bonds. The summed E-state index contributed by atoms with van der Waals surface area (Å²) in [6, 6.07) is 6.23. The van der Waals surface area contributed by atoms with E-state index in [-0.39, 0.29) is 11.7 Å². The molecule has 0 N–H and O–H groups in total. The molecule has 20 heavy (non-hydrogen) atoms. The monoisotopic (exact) mass is 277 g/mol. The van der Waals surface area contributed by atoms with Crippen molar-refractivity contribution in [1.82, 2.24) is 4.90 Å². The summed E-state index contributed by atoms with van der Waals surface area (Å²) in [7, 11) is 0. The van der Waals surface area contributed by atoms with Crippen LogP contribution in [0.15, 0.2) is 30.3 Å². The highest BCUT2D eigenvalue weighted by atomic mass is 19.1. The highest BCUT2D eigenvalue weighted by Gasteiger charge is 2.13. The summed E-state index contributed by atoms with van der Waals surface area (Å²) in [5.74, 6) is 0.554. The third kappa shape index (κ3) is 6.00. The minimum absolute atomic E-state index is 0.0170. The van der Waals surface area contributed by atoms with Crippen LogP contribution in [0.5, 0.6) is 0 Å². The fourth-order valence-corrected chi connectivity index (χ4v) is 2.02. The van der Waals surface area contributed by atoms with Gasteiger partial charge in [-0.05, 0) is 35.6 Å². The van der Waals surface area contributed by atoms with E-state index in [4.69, 9.17) is 0 Å². The second-order valence-electron chi connectivity index (χ2n) is 5.92. The van der Waals surface area contributed by atoms with E-state index in [1.54, 1.807) is 18.2 Å². The number of hydrogen-bond acceptors (Lipinski definition) is 1. The Morgan fingerprint density at radius 1 is 1.20 bits per heavy atom. The van der Waals surface area contributed by atoms with Gasteiger partial charge in [-0.15, -0.1) is 0 Å². The molecule has 0 aliphatic heterocycles. The standard InChI is InChI=1S/C17H24FNO/c1-13(2)11-19(12-14(3)4)17(20)9-8-15-6-5-7-16(18)10-15/h5-10,13-14H,11-12H2,1-4H3/b9-8+. The Balaban J connectivity index is 2.74. The molecular weight excluding hydrogens is 253 g/mol. The lowest BCUT2D eigenvalue weighted by Crippen LogP contribution is -2.35. The summed E-state index contributed by atoms with van der Waals surface area (Å²) >= 11 is 0. The Morgan fingerprint density at radius 2 is 1.80 bits per heavy atom. The van der Waals surface area contributed by atoms with Crippen molar-refractivity contribution in [3.05, 3.63) is 41.7 Å². The lowest BCUT2D eigenvalue weighted by molar-refractivity contribution is -0.127. The van der Waals surface area contributed by atoms with E-state index >= 15 is 0 Å². The molecule has 2 nitrogen and oxygen atoms in total. The maximum Gasteiger partial charge on any atom is 0.246 e. The Kier molecular flexibility index (Phi) is 6.43.